The van der Waals surface area contributed by atoms with Crippen LogP contribution in [0.4, 0.5) is 5.95 Å². The van der Waals surface area contributed by atoms with Crippen LogP contribution >= 0.6 is 0 Å². The molecule has 2 heterocycles. The highest BCUT2D eigenvalue weighted by Gasteiger charge is 2.46. The summed E-state index contributed by atoms with van der Waals surface area (Å²) in [5.41, 5.74) is 3.16. The molecule has 28 heavy (non-hydrogen) atoms. The third-order valence-electron chi connectivity index (χ3n) is 6.14. The second-order valence-corrected chi connectivity index (χ2v) is 10.1. The number of anilines is 1. The zero-order valence-corrected chi connectivity index (χ0v) is 17.7. The Morgan fingerprint density at radius 3 is 2.61 bits per heavy atom. The van der Waals surface area contributed by atoms with Gasteiger partial charge in [0.15, 0.2) is 0 Å². The van der Waals surface area contributed by atoms with Gasteiger partial charge in [-0.15, -0.1) is 0 Å². The Balaban J connectivity index is 1.66. The van der Waals surface area contributed by atoms with Crippen molar-refractivity contribution < 1.29 is 8.42 Å². The number of aromatic nitrogens is 2. The Kier molecular flexibility index (Phi) is 4.91. The lowest BCUT2D eigenvalue weighted by atomic mass is 9.78. The predicted octanol–water partition coefficient (Wildman–Crippen LogP) is 2.77. The largest absolute Gasteiger partial charge is 0.347 e. The van der Waals surface area contributed by atoms with E-state index in [0.29, 0.717) is 23.9 Å². The van der Waals surface area contributed by atoms with Crippen molar-refractivity contribution >= 4 is 16.0 Å². The number of piperidine rings is 1. The lowest BCUT2D eigenvalue weighted by Gasteiger charge is -2.39. The Bertz CT molecular complexity index is 968. The molecule has 0 bridgehead atoms. The fraction of sp³-hybridized carbons (Fsp3) is 0.524. The summed E-state index contributed by atoms with van der Waals surface area (Å²) in [5.74, 6) is 0.690. The lowest BCUT2D eigenvalue weighted by Crippen LogP contribution is -2.47. The first-order chi connectivity index (χ1) is 13.4. The molecule has 0 amide bonds. The first kappa shape index (κ1) is 19.3. The van der Waals surface area contributed by atoms with Gasteiger partial charge in [0.25, 0.3) is 0 Å². The molecule has 2 aliphatic rings. The predicted molar refractivity (Wildman–Crippen MR) is 110 cm³/mol. The van der Waals surface area contributed by atoms with Crippen molar-refractivity contribution in [1.29, 1.82) is 0 Å². The van der Waals surface area contributed by atoms with Gasteiger partial charge in [-0.05, 0) is 55.4 Å². The number of hydrogen-bond donors (Lipinski definition) is 0. The number of aryl methyl sites for hydroxylation is 2. The SMILES string of the molecule is CCc1ccc(S(=O)(=O)N2CCCC3(CCc4cnc(N(C)C)nc43)C2)cc1. The van der Waals surface area contributed by atoms with Crippen LogP contribution in [0.3, 0.4) is 0 Å². The van der Waals surface area contributed by atoms with Gasteiger partial charge >= 0.3 is 0 Å². The molecule has 0 N–H and O–H groups in total. The zero-order chi connectivity index (χ0) is 19.9. The smallest absolute Gasteiger partial charge is 0.243 e. The average molecular weight is 401 g/mol. The van der Waals surface area contributed by atoms with Crippen LogP contribution in [0.5, 0.6) is 0 Å². The van der Waals surface area contributed by atoms with Crippen molar-refractivity contribution in [3.8, 4) is 0 Å². The molecular formula is C21H28N4O2S. The van der Waals surface area contributed by atoms with Gasteiger partial charge in [0.05, 0.1) is 10.6 Å². The van der Waals surface area contributed by atoms with Gasteiger partial charge in [-0.2, -0.15) is 4.31 Å². The van der Waals surface area contributed by atoms with E-state index in [9.17, 15) is 8.42 Å². The van der Waals surface area contributed by atoms with Crippen LogP contribution in [-0.4, -0.2) is 49.9 Å². The first-order valence-corrected chi connectivity index (χ1v) is 11.4. The van der Waals surface area contributed by atoms with Gasteiger partial charge in [0.2, 0.25) is 16.0 Å². The van der Waals surface area contributed by atoms with Crippen molar-refractivity contribution in [3.05, 3.63) is 47.3 Å². The average Bonchev–Trinajstić information content (AvgIpc) is 3.05. The molecule has 1 fully saturated rings. The number of hydrogen-bond acceptors (Lipinski definition) is 5. The molecule has 1 unspecified atom stereocenters. The van der Waals surface area contributed by atoms with Crippen LogP contribution < -0.4 is 4.90 Å². The van der Waals surface area contributed by atoms with Crippen LogP contribution in [-0.2, 0) is 28.3 Å². The van der Waals surface area contributed by atoms with Gasteiger partial charge in [-0.25, -0.2) is 18.4 Å². The molecule has 6 nitrogen and oxygen atoms in total. The summed E-state index contributed by atoms with van der Waals surface area (Å²) in [6.07, 6.45) is 6.51. The summed E-state index contributed by atoms with van der Waals surface area (Å²) in [6, 6.07) is 7.30. The molecule has 2 aromatic rings. The molecule has 0 saturated carbocycles. The Morgan fingerprint density at radius 2 is 1.93 bits per heavy atom. The summed E-state index contributed by atoms with van der Waals surface area (Å²) in [6.45, 7) is 3.14. The maximum atomic E-state index is 13.3. The second kappa shape index (κ2) is 7.12. The van der Waals surface area contributed by atoms with Crippen LogP contribution in [0.15, 0.2) is 35.4 Å². The Labute approximate surface area is 167 Å². The van der Waals surface area contributed by atoms with E-state index in [2.05, 4.69) is 11.9 Å². The van der Waals surface area contributed by atoms with Gasteiger partial charge in [0, 0.05) is 38.8 Å². The number of nitrogens with zero attached hydrogens (tertiary/aromatic N) is 4. The van der Waals surface area contributed by atoms with Crippen LogP contribution in [0.2, 0.25) is 0 Å². The molecule has 1 atom stereocenters. The highest BCUT2D eigenvalue weighted by Crippen LogP contribution is 2.45. The summed E-state index contributed by atoms with van der Waals surface area (Å²) in [5, 5.41) is 0. The number of sulfonamides is 1. The van der Waals surface area contributed by atoms with Crippen molar-refractivity contribution in [3.63, 3.8) is 0 Å². The number of fused-ring (bicyclic) bond motifs is 2. The molecule has 7 heteroatoms. The molecule has 0 radical (unpaired) electrons. The monoisotopic (exact) mass is 400 g/mol. The first-order valence-electron chi connectivity index (χ1n) is 9.98. The third-order valence-corrected chi connectivity index (χ3v) is 8.00. The van der Waals surface area contributed by atoms with Crippen LogP contribution in [0, 0.1) is 0 Å². The topological polar surface area (TPSA) is 66.4 Å². The molecule has 4 rings (SSSR count). The van der Waals surface area contributed by atoms with E-state index in [-0.39, 0.29) is 5.41 Å². The minimum Gasteiger partial charge on any atom is -0.347 e. The Morgan fingerprint density at radius 1 is 1.18 bits per heavy atom. The minimum atomic E-state index is -3.50. The number of rotatable bonds is 4. The van der Waals surface area contributed by atoms with Gasteiger partial charge in [0.1, 0.15) is 0 Å². The summed E-state index contributed by atoms with van der Waals surface area (Å²) >= 11 is 0. The summed E-state index contributed by atoms with van der Waals surface area (Å²) in [4.78, 5) is 11.6. The van der Waals surface area contributed by atoms with Crippen molar-refractivity contribution in [1.82, 2.24) is 14.3 Å². The number of benzene rings is 1. The van der Waals surface area contributed by atoms with Gasteiger partial charge in [-0.1, -0.05) is 19.1 Å². The normalized spacial score (nSPS) is 22.4. The maximum Gasteiger partial charge on any atom is 0.243 e. The quantitative estimate of drug-likeness (QED) is 0.790. The molecule has 1 aliphatic heterocycles. The molecule has 150 valence electrons. The van der Waals surface area contributed by atoms with E-state index < -0.39 is 10.0 Å². The van der Waals surface area contributed by atoms with E-state index in [1.54, 1.807) is 16.4 Å². The van der Waals surface area contributed by atoms with E-state index in [4.69, 9.17) is 4.98 Å². The molecule has 1 aliphatic carbocycles. The molecule has 1 aromatic heterocycles. The molecule has 1 saturated heterocycles. The highest BCUT2D eigenvalue weighted by molar-refractivity contribution is 7.89. The van der Waals surface area contributed by atoms with Gasteiger partial charge < -0.3 is 4.90 Å². The standard InChI is InChI=1S/C21H28N4O2S/c1-4-16-6-8-18(9-7-16)28(26,27)25-13-5-11-21(15-25)12-10-17-14-22-20(24(2)3)23-19(17)21/h6-9,14H,4-5,10-13,15H2,1-3H3. The minimum absolute atomic E-state index is 0.197. The van der Waals surface area contributed by atoms with Gasteiger partial charge in [-0.3, -0.25) is 0 Å². The highest BCUT2D eigenvalue weighted by atomic mass is 32.2. The van der Waals surface area contributed by atoms with E-state index in [1.165, 1.54) is 0 Å². The zero-order valence-electron chi connectivity index (χ0n) is 16.9. The van der Waals surface area contributed by atoms with E-state index in [1.807, 2.05) is 37.3 Å². The molecule has 1 spiro atoms. The van der Waals surface area contributed by atoms with E-state index in [0.717, 1.165) is 48.9 Å². The lowest BCUT2D eigenvalue weighted by molar-refractivity contribution is 0.219. The Hall–Kier alpha value is -1.99. The third kappa shape index (κ3) is 3.20. The fourth-order valence-corrected chi connectivity index (χ4v) is 6.05. The summed E-state index contributed by atoms with van der Waals surface area (Å²) in [7, 11) is 0.363. The van der Waals surface area contributed by atoms with Crippen LogP contribution in [0.1, 0.15) is 43.0 Å². The maximum absolute atomic E-state index is 13.3. The summed E-state index contributed by atoms with van der Waals surface area (Å²) < 4.78 is 28.3. The van der Waals surface area contributed by atoms with Crippen molar-refractivity contribution in [2.75, 3.05) is 32.1 Å². The van der Waals surface area contributed by atoms with Crippen molar-refractivity contribution in [2.45, 2.75) is 49.3 Å². The second-order valence-electron chi connectivity index (χ2n) is 8.16. The van der Waals surface area contributed by atoms with Crippen molar-refractivity contribution in [2.24, 2.45) is 0 Å². The fourth-order valence-electron chi connectivity index (χ4n) is 4.49. The van der Waals surface area contributed by atoms with Crippen LogP contribution in [0.25, 0.3) is 0 Å². The van der Waals surface area contributed by atoms with E-state index >= 15 is 0 Å². The molecular weight excluding hydrogens is 372 g/mol. The molecule has 1 aromatic carbocycles.